The number of benzene rings is 3. The van der Waals surface area contributed by atoms with Crippen molar-refractivity contribution in [2.75, 3.05) is 0 Å². The molecule has 25 heavy (non-hydrogen) atoms. The predicted molar refractivity (Wildman–Crippen MR) is 98.3 cm³/mol. The largest absolute Gasteiger partial charge is 0.508 e. The van der Waals surface area contributed by atoms with E-state index in [1.165, 1.54) is 0 Å². The van der Waals surface area contributed by atoms with Gasteiger partial charge in [-0.1, -0.05) is 36.4 Å². The van der Waals surface area contributed by atoms with Crippen LogP contribution in [0.15, 0.2) is 66.7 Å². The van der Waals surface area contributed by atoms with Gasteiger partial charge in [-0.25, -0.2) is 4.98 Å². The highest BCUT2D eigenvalue weighted by molar-refractivity contribution is 5.93. The van der Waals surface area contributed by atoms with Crippen LogP contribution in [0.5, 0.6) is 5.75 Å². The first-order valence-electron chi connectivity index (χ1n) is 8.00. The summed E-state index contributed by atoms with van der Waals surface area (Å²) in [6.07, 6.45) is 0. The van der Waals surface area contributed by atoms with Crippen LogP contribution in [-0.2, 0) is 0 Å². The summed E-state index contributed by atoms with van der Waals surface area (Å²) in [5.74, 6) is 0.992. The van der Waals surface area contributed by atoms with Gasteiger partial charge in [0.2, 0.25) is 0 Å². The van der Waals surface area contributed by atoms with E-state index in [0.717, 1.165) is 44.6 Å². The standard InChI is InChI=1S/C20H14N4O/c25-14-5-3-4-12(10-14)13-8-9-17-18(11-13)22-20(21-17)19-15-6-1-2-7-16(15)23-24-19/h1-11,25H,(H,21,22)(H,23,24). The Morgan fingerprint density at radius 2 is 1.68 bits per heavy atom. The lowest BCUT2D eigenvalue weighted by molar-refractivity contribution is 0.475. The average Bonchev–Trinajstić information content (AvgIpc) is 3.24. The summed E-state index contributed by atoms with van der Waals surface area (Å²) in [5.41, 5.74) is 5.59. The fourth-order valence-corrected chi connectivity index (χ4v) is 3.13. The molecule has 2 heterocycles. The maximum absolute atomic E-state index is 9.69. The van der Waals surface area contributed by atoms with Gasteiger partial charge in [0.15, 0.2) is 5.82 Å². The number of phenolic OH excluding ortho intramolecular Hbond substituents is 1. The van der Waals surface area contributed by atoms with Crippen LogP contribution < -0.4 is 0 Å². The van der Waals surface area contributed by atoms with E-state index < -0.39 is 0 Å². The van der Waals surface area contributed by atoms with Crippen molar-refractivity contribution in [1.82, 2.24) is 20.2 Å². The number of rotatable bonds is 2. The molecule has 5 nitrogen and oxygen atoms in total. The number of aromatic amines is 2. The van der Waals surface area contributed by atoms with Crippen LogP contribution in [0.2, 0.25) is 0 Å². The van der Waals surface area contributed by atoms with Gasteiger partial charge in [-0.3, -0.25) is 5.10 Å². The molecule has 0 unspecified atom stereocenters. The van der Waals surface area contributed by atoms with E-state index in [4.69, 9.17) is 0 Å². The molecule has 3 aromatic carbocycles. The molecule has 2 aromatic heterocycles. The topological polar surface area (TPSA) is 77.6 Å². The fraction of sp³-hybridized carbons (Fsp3) is 0. The summed E-state index contributed by atoms with van der Waals surface area (Å²) in [7, 11) is 0. The third-order valence-electron chi connectivity index (χ3n) is 4.36. The summed E-state index contributed by atoms with van der Waals surface area (Å²) in [5, 5.41) is 18.2. The normalized spacial score (nSPS) is 11.4. The molecule has 0 spiro atoms. The Bertz CT molecular complexity index is 1220. The number of aromatic hydroxyl groups is 1. The highest BCUT2D eigenvalue weighted by atomic mass is 16.3. The predicted octanol–water partition coefficient (Wildman–Crippen LogP) is 4.48. The van der Waals surface area contributed by atoms with Gasteiger partial charge in [0.1, 0.15) is 11.4 Å². The molecule has 5 aromatic rings. The monoisotopic (exact) mass is 326 g/mol. The van der Waals surface area contributed by atoms with Gasteiger partial charge in [-0.05, 0) is 41.5 Å². The second kappa shape index (κ2) is 5.21. The van der Waals surface area contributed by atoms with Gasteiger partial charge < -0.3 is 10.1 Å². The summed E-state index contributed by atoms with van der Waals surface area (Å²) in [6.45, 7) is 0. The summed E-state index contributed by atoms with van der Waals surface area (Å²) in [6, 6.07) is 21.2. The first-order chi connectivity index (χ1) is 12.3. The number of hydrogen-bond donors (Lipinski definition) is 3. The van der Waals surface area contributed by atoms with Crippen molar-refractivity contribution in [3.63, 3.8) is 0 Å². The zero-order valence-electron chi connectivity index (χ0n) is 13.2. The molecular formula is C20H14N4O. The van der Waals surface area contributed by atoms with E-state index in [1.807, 2.05) is 54.6 Å². The van der Waals surface area contributed by atoms with Crippen molar-refractivity contribution in [2.45, 2.75) is 0 Å². The molecule has 0 aliphatic rings. The molecule has 0 aliphatic heterocycles. The van der Waals surface area contributed by atoms with E-state index in [0.29, 0.717) is 0 Å². The first kappa shape index (κ1) is 13.8. The number of nitrogens with zero attached hydrogens (tertiary/aromatic N) is 2. The minimum Gasteiger partial charge on any atom is -0.508 e. The smallest absolute Gasteiger partial charge is 0.159 e. The maximum atomic E-state index is 9.69. The van der Waals surface area contributed by atoms with Crippen molar-refractivity contribution in [3.8, 4) is 28.4 Å². The SMILES string of the molecule is Oc1cccc(-c2ccc3nc(-c4n[nH]c5ccccc45)[nH]c3c2)c1. The lowest BCUT2D eigenvalue weighted by Crippen LogP contribution is -1.80. The highest BCUT2D eigenvalue weighted by Crippen LogP contribution is 2.29. The number of fused-ring (bicyclic) bond motifs is 2. The number of aromatic nitrogens is 4. The second-order valence-corrected chi connectivity index (χ2v) is 5.99. The quantitative estimate of drug-likeness (QED) is 0.447. The van der Waals surface area contributed by atoms with Crippen LogP contribution in [-0.4, -0.2) is 25.3 Å². The fourth-order valence-electron chi connectivity index (χ4n) is 3.13. The molecule has 0 bridgehead atoms. The summed E-state index contributed by atoms with van der Waals surface area (Å²) >= 11 is 0. The molecule has 0 amide bonds. The van der Waals surface area contributed by atoms with Gasteiger partial charge in [-0.15, -0.1) is 0 Å². The van der Waals surface area contributed by atoms with Gasteiger partial charge in [0.25, 0.3) is 0 Å². The molecular weight excluding hydrogens is 312 g/mol. The number of nitrogens with one attached hydrogen (secondary N) is 2. The molecule has 0 atom stereocenters. The maximum Gasteiger partial charge on any atom is 0.159 e. The Balaban J connectivity index is 1.65. The Hall–Kier alpha value is -3.60. The Labute approximate surface area is 143 Å². The number of phenols is 1. The first-order valence-corrected chi connectivity index (χ1v) is 8.00. The van der Waals surface area contributed by atoms with Crippen molar-refractivity contribution in [2.24, 2.45) is 0 Å². The summed E-state index contributed by atoms with van der Waals surface area (Å²) < 4.78 is 0. The number of hydrogen-bond acceptors (Lipinski definition) is 3. The van der Waals surface area contributed by atoms with E-state index >= 15 is 0 Å². The minimum atomic E-state index is 0.255. The van der Waals surface area contributed by atoms with Crippen LogP contribution in [0.25, 0.3) is 44.6 Å². The molecule has 3 N–H and O–H groups in total. The van der Waals surface area contributed by atoms with Gasteiger partial charge in [-0.2, -0.15) is 5.10 Å². The number of imidazole rings is 1. The van der Waals surface area contributed by atoms with Crippen LogP contribution in [0.3, 0.4) is 0 Å². The molecule has 5 heteroatoms. The molecule has 5 rings (SSSR count). The Morgan fingerprint density at radius 3 is 2.60 bits per heavy atom. The Kier molecular flexibility index (Phi) is 2.87. The van der Waals surface area contributed by atoms with E-state index in [1.54, 1.807) is 12.1 Å². The minimum absolute atomic E-state index is 0.255. The molecule has 0 aliphatic carbocycles. The third-order valence-corrected chi connectivity index (χ3v) is 4.36. The Morgan fingerprint density at radius 1 is 0.800 bits per heavy atom. The zero-order chi connectivity index (χ0) is 16.8. The lowest BCUT2D eigenvalue weighted by Gasteiger charge is -2.02. The lowest BCUT2D eigenvalue weighted by atomic mass is 10.1. The van der Waals surface area contributed by atoms with E-state index in [2.05, 4.69) is 20.2 Å². The molecule has 120 valence electrons. The number of para-hydroxylation sites is 1. The van der Waals surface area contributed by atoms with Gasteiger partial charge in [0, 0.05) is 5.39 Å². The zero-order valence-corrected chi connectivity index (χ0v) is 13.2. The second-order valence-electron chi connectivity index (χ2n) is 5.99. The summed E-state index contributed by atoms with van der Waals surface area (Å²) in [4.78, 5) is 8.03. The number of H-pyrrole nitrogens is 2. The van der Waals surface area contributed by atoms with Crippen LogP contribution >= 0.6 is 0 Å². The molecule has 0 saturated carbocycles. The van der Waals surface area contributed by atoms with Crippen LogP contribution in [0.4, 0.5) is 0 Å². The third kappa shape index (κ3) is 2.25. The van der Waals surface area contributed by atoms with Crippen molar-refractivity contribution in [3.05, 3.63) is 66.7 Å². The van der Waals surface area contributed by atoms with Crippen LogP contribution in [0.1, 0.15) is 0 Å². The van der Waals surface area contributed by atoms with Crippen LogP contribution in [0, 0.1) is 0 Å². The highest BCUT2D eigenvalue weighted by Gasteiger charge is 2.12. The molecule has 0 radical (unpaired) electrons. The molecule has 0 saturated heterocycles. The van der Waals surface area contributed by atoms with Crippen molar-refractivity contribution in [1.29, 1.82) is 0 Å². The van der Waals surface area contributed by atoms with Gasteiger partial charge in [0.05, 0.1) is 16.6 Å². The van der Waals surface area contributed by atoms with Crippen molar-refractivity contribution < 1.29 is 5.11 Å². The average molecular weight is 326 g/mol. The van der Waals surface area contributed by atoms with Crippen molar-refractivity contribution >= 4 is 21.9 Å². The van der Waals surface area contributed by atoms with E-state index in [-0.39, 0.29) is 5.75 Å². The molecule has 0 fully saturated rings. The van der Waals surface area contributed by atoms with Gasteiger partial charge >= 0.3 is 0 Å². The van der Waals surface area contributed by atoms with E-state index in [9.17, 15) is 5.11 Å².